The van der Waals surface area contributed by atoms with Crippen LogP contribution in [0.25, 0.3) is 21.8 Å². The fourth-order valence-corrected chi connectivity index (χ4v) is 6.14. The maximum Gasteiger partial charge on any atom is 0.306 e. The van der Waals surface area contributed by atoms with Gasteiger partial charge in [0.05, 0.1) is 33.2 Å². The Balaban J connectivity index is 1.82. The molecule has 0 saturated heterocycles. The lowest BCUT2D eigenvalue weighted by molar-refractivity contribution is 0.429. The molecule has 2 heterocycles. The van der Waals surface area contributed by atoms with Gasteiger partial charge in [-0.2, -0.15) is 8.42 Å². The quantitative estimate of drug-likeness (QED) is 0.282. The van der Waals surface area contributed by atoms with Gasteiger partial charge in [-0.25, -0.2) is 36.5 Å². The second-order valence-corrected chi connectivity index (χ2v) is 13.7. The molecule has 0 unspecified atom stereocenters. The number of aromatic nitrogens is 3. The van der Waals surface area contributed by atoms with Gasteiger partial charge in [0.2, 0.25) is 11.7 Å². The zero-order valence-corrected chi connectivity index (χ0v) is 23.8. The molecule has 0 aliphatic rings. The van der Waals surface area contributed by atoms with Gasteiger partial charge in [-0.05, 0) is 30.3 Å². The molecular formula is C24H22F3N5O5S3. The molecule has 212 valence electrons. The Kier molecular flexibility index (Phi) is 7.55. The molecule has 0 saturated carbocycles. The standard InChI is InChI=1S/C24H22F3N5O5S3/c1-24(2,3)22-31-19(21(38-22)15-10-11-29-23(28)30-15)12-6-5-7-14(17(12)26)32-40(35,36)16-9-8-13(25)20(18(16)27)37-39(4,33)34/h5-11,32H,1-4H3,(H2,28,29,30). The highest BCUT2D eigenvalue weighted by Gasteiger charge is 2.29. The van der Waals surface area contributed by atoms with Gasteiger partial charge in [-0.3, -0.25) is 4.72 Å². The van der Waals surface area contributed by atoms with Crippen molar-refractivity contribution >= 4 is 43.1 Å². The molecule has 2 aromatic carbocycles. The number of nitrogens with one attached hydrogen (secondary N) is 1. The lowest BCUT2D eigenvalue weighted by atomic mass is 9.98. The molecule has 0 spiro atoms. The van der Waals surface area contributed by atoms with Crippen molar-refractivity contribution in [3.05, 3.63) is 65.1 Å². The Bertz CT molecular complexity index is 1840. The van der Waals surface area contributed by atoms with Crippen molar-refractivity contribution in [2.24, 2.45) is 0 Å². The van der Waals surface area contributed by atoms with Crippen LogP contribution in [0.3, 0.4) is 0 Å². The zero-order valence-electron chi connectivity index (χ0n) is 21.4. The molecule has 0 amide bonds. The summed E-state index contributed by atoms with van der Waals surface area (Å²) in [6.45, 7) is 5.73. The minimum absolute atomic E-state index is 0.0170. The number of rotatable bonds is 7. The SMILES string of the molecule is CC(C)(C)c1nc(-c2cccc(NS(=O)(=O)c3ccc(F)c(OS(C)(=O)=O)c3F)c2F)c(-c2ccnc(N)n2)s1. The van der Waals surface area contributed by atoms with E-state index in [9.17, 15) is 25.6 Å². The van der Waals surface area contributed by atoms with E-state index >= 15 is 4.39 Å². The van der Waals surface area contributed by atoms with Crippen LogP contribution in [0.4, 0.5) is 24.8 Å². The predicted molar refractivity (Wildman–Crippen MR) is 144 cm³/mol. The summed E-state index contributed by atoms with van der Waals surface area (Å²) in [7, 11) is -9.31. The highest BCUT2D eigenvalue weighted by molar-refractivity contribution is 7.92. The number of nitrogens with two attached hydrogens (primary N) is 1. The van der Waals surface area contributed by atoms with Crippen molar-refractivity contribution in [1.29, 1.82) is 0 Å². The van der Waals surface area contributed by atoms with E-state index < -0.39 is 59.3 Å². The summed E-state index contributed by atoms with van der Waals surface area (Å²) < 4.78 is 99.9. The summed E-state index contributed by atoms with van der Waals surface area (Å²) >= 11 is 1.25. The number of nitrogen functional groups attached to an aromatic ring is 1. The molecule has 16 heteroatoms. The first-order valence-electron chi connectivity index (χ1n) is 11.3. The number of hydrogen-bond donors (Lipinski definition) is 2. The van der Waals surface area contributed by atoms with Crippen molar-refractivity contribution in [1.82, 2.24) is 15.0 Å². The van der Waals surface area contributed by atoms with Crippen LogP contribution in [0.15, 0.2) is 47.5 Å². The molecule has 3 N–H and O–H groups in total. The molecule has 4 aromatic rings. The summed E-state index contributed by atoms with van der Waals surface area (Å²) in [5, 5.41) is 0.631. The molecule has 2 aromatic heterocycles. The first kappa shape index (κ1) is 29.2. The smallest absolute Gasteiger partial charge is 0.306 e. The van der Waals surface area contributed by atoms with Crippen molar-refractivity contribution in [2.45, 2.75) is 31.1 Å². The Labute approximate surface area is 232 Å². The average Bonchev–Trinajstić information content (AvgIpc) is 3.28. The number of halogens is 3. The van der Waals surface area contributed by atoms with Crippen LogP contribution in [-0.4, -0.2) is 38.0 Å². The molecule has 0 fully saturated rings. The van der Waals surface area contributed by atoms with E-state index in [1.54, 1.807) is 6.07 Å². The van der Waals surface area contributed by atoms with E-state index in [0.29, 0.717) is 34.0 Å². The Morgan fingerprint density at radius 1 is 0.975 bits per heavy atom. The van der Waals surface area contributed by atoms with Gasteiger partial charge in [-0.1, -0.05) is 26.8 Å². The third kappa shape index (κ3) is 6.03. The highest BCUT2D eigenvalue weighted by Crippen LogP contribution is 2.42. The van der Waals surface area contributed by atoms with Gasteiger partial charge in [0.15, 0.2) is 17.5 Å². The van der Waals surface area contributed by atoms with Crippen LogP contribution in [0.1, 0.15) is 25.8 Å². The predicted octanol–water partition coefficient (Wildman–Crippen LogP) is 4.70. The maximum atomic E-state index is 15.9. The van der Waals surface area contributed by atoms with Crippen LogP contribution in [-0.2, 0) is 25.6 Å². The minimum atomic E-state index is -4.91. The molecule has 0 bridgehead atoms. The van der Waals surface area contributed by atoms with Gasteiger partial charge in [0.1, 0.15) is 4.90 Å². The van der Waals surface area contributed by atoms with E-state index in [1.807, 2.05) is 25.5 Å². The van der Waals surface area contributed by atoms with E-state index in [1.165, 1.54) is 29.7 Å². The monoisotopic (exact) mass is 613 g/mol. The second-order valence-electron chi connectivity index (χ2n) is 9.50. The third-order valence-corrected chi connectivity index (χ3v) is 8.57. The summed E-state index contributed by atoms with van der Waals surface area (Å²) in [5.74, 6) is -5.77. The normalized spacial score (nSPS) is 12.4. The lowest BCUT2D eigenvalue weighted by Crippen LogP contribution is -2.17. The van der Waals surface area contributed by atoms with E-state index in [-0.39, 0.29) is 17.2 Å². The highest BCUT2D eigenvalue weighted by atomic mass is 32.2. The molecule has 0 aliphatic carbocycles. The van der Waals surface area contributed by atoms with Gasteiger partial charge in [0.25, 0.3) is 10.0 Å². The number of hydrogen-bond acceptors (Lipinski definition) is 10. The molecular weight excluding hydrogens is 591 g/mol. The van der Waals surface area contributed by atoms with Crippen LogP contribution in [0.2, 0.25) is 0 Å². The molecule has 40 heavy (non-hydrogen) atoms. The molecule has 10 nitrogen and oxygen atoms in total. The Morgan fingerprint density at radius 3 is 2.30 bits per heavy atom. The van der Waals surface area contributed by atoms with Crippen LogP contribution < -0.4 is 14.6 Å². The van der Waals surface area contributed by atoms with E-state index in [2.05, 4.69) is 19.1 Å². The molecule has 0 radical (unpaired) electrons. The van der Waals surface area contributed by atoms with Gasteiger partial charge >= 0.3 is 10.1 Å². The Morgan fingerprint density at radius 2 is 1.68 bits per heavy atom. The van der Waals surface area contributed by atoms with Gasteiger partial charge < -0.3 is 9.92 Å². The summed E-state index contributed by atoms with van der Waals surface area (Å²) in [4.78, 5) is 12.0. The minimum Gasteiger partial charge on any atom is -0.376 e. The fraction of sp³-hybridized carbons (Fsp3) is 0.208. The number of anilines is 2. The van der Waals surface area contributed by atoms with Crippen molar-refractivity contribution in [2.75, 3.05) is 16.7 Å². The summed E-state index contributed by atoms with van der Waals surface area (Å²) in [5.41, 5.74) is 5.15. The fourth-order valence-electron chi connectivity index (χ4n) is 3.44. The number of benzene rings is 2. The number of thiazole rings is 1. The van der Waals surface area contributed by atoms with Crippen molar-refractivity contribution < 1.29 is 34.2 Å². The first-order chi connectivity index (χ1) is 18.5. The largest absolute Gasteiger partial charge is 0.376 e. The average molecular weight is 614 g/mol. The zero-order chi connectivity index (χ0) is 29.6. The van der Waals surface area contributed by atoms with Crippen LogP contribution in [0, 0.1) is 17.5 Å². The maximum absolute atomic E-state index is 15.9. The third-order valence-electron chi connectivity index (χ3n) is 5.21. The Hall–Kier alpha value is -3.76. The van der Waals surface area contributed by atoms with Crippen LogP contribution >= 0.6 is 11.3 Å². The topological polar surface area (TPSA) is 154 Å². The second kappa shape index (κ2) is 10.3. The first-order valence-corrected chi connectivity index (χ1v) is 15.4. The van der Waals surface area contributed by atoms with Crippen molar-refractivity contribution in [3.63, 3.8) is 0 Å². The van der Waals surface area contributed by atoms with Gasteiger partial charge in [0, 0.05) is 17.2 Å². The van der Waals surface area contributed by atoms with Gasteiger partial charge in [-0.15, -0.1) is 11.3 Å². The molecule has 4 rings (SSSR count). The molecule has 0 atom stereocenters. The van der Waals surface area contributed by atoms with E-state index in [0.717, 1.165) is 6.07 Å². The van der Waals surface area contributed by atoms with E-state index in [4.69, 9.17) is 5.73 Å². The number of nitrogens with zero attached hydrogens (tertiary/aromatic N) is 3. The lowest BCUT2D eigenvalue weighted by Gasteiger charge is -2.14. The van der Waals surface area contributed by atoms with Crippen molar-refractivity contribution in [3.8, 4) is 27.6 Å². The van der Waals surface area contributed by atoms with Crippen LogP contribution in [0.5, 0.6) is 5.75 Å². The number of sulfonamides is 1. The molecule has 0 aliphatic heterocycles. The summed E-state index contributed by atoms with van der Waals surface area (Å²) in [6, 6.07) is 6.44. The summed E-state index contributed by atoms with van der Waals surface area (Å²) in [6.07, 6.45) is 1.96.